The van der Waals surface area contributed by atoms with E-state index < -0.39 is 0 Å². The lowest BCUT2D eigenvalue weighted by Crippen LogP contribution is -2.24. The molecular weight excluding hydrogens is 267 g/mol. The maximum Gasteiger partial charge on any atom is 0.230 e. The average Bonchev–Trinajstić information content (AvgIpc) is 2.40. The van der Waals surface area contributed by atoms with Gasteiger partial charge in [-0.05, 0) is 49.7 Å². The van der Waals surface area contributed by atoms with E-state index in [1.807, 2.05) is 18.7 Å². The maximum absolute atomic E-state index is 12.9. The Balaban J connectivity index is 2.44. The molecule has 0 radical (unpaired) electrons. The summed E-state index contributed by atoms with van der Waals surface area (Å²) in [6.07, 6.45) is 0. The Morgan fingerprint density at radius 2 is 1.68 bits per heavy atom. The standard InChI is InChI=1S/C13H14ClFN4/c1-3-19(4-2)13-17-11(16-12(14)18-13)9-5-7-10(15)8-6-9/h5-8H,3-4H2,1-2H3. The molecule has 0 aliphatic rings. The normalized spacial score (nSPS) is 10.5. The topological polar surface area (TPSA) is 41.9 Å². The van der Waals surface area contributed by atoms with E-state index in [-0.39, 0.29) is 11.1 Å². The molecule has 19 heavy (non-hydrogen) atoms. The van der Waals surface area contributed by atoms with Crippen molar-refractivity contribution in [3.8, 4) is 11.4 Å². The Morgan fingerprint density at radius 1 is 1.05 bits per heavy atom. The van der Waals surface area contributed by atoms with E-state index in [0.29, 0.717) is 17.3 Å². The minimum absolute atomic E-state index is 0.135. The van der Waals surface area contributed by atoms with Crippen LogP contribution in [0.25, 0.3) is 11.4 Å². The molecule has 0 fully saturated rings. The zero-order valence-electron chi connectivity index (χ0n) is 10.8. The molecule has 0 amide bonds. The van der Waals surface area contributed by atoms with Crippen LogP contribution < -0.4 is 4.90 Å². The van der Waals surface area contributed by atoms with Crippen LogP contribution in [0, 0.1) is 5.82 Å². The smallest absolute Gasteiger partial charge is 0.230 e. The second kappa shape index (κ2) is 5.93. The van der Waals surface area contributed by atoms with Gasteiger partial charge in [-0.3, -0.25) is 0 Å². The zero-order valence-corrected chi connectivity index (χ0v) is 11.5. The van der Waals surface area contributed by atoms with Crippen LogP contribution >= 0.6 is 11.6 Å². The summed E-state index contributed by atoms with van der Waals surface area (Å²) in [5.74, 6) is 0.680. The van der Waals surface area contributed by atoms with E-state index in [1.54, 1.807) is 12.1 Å². The SMILES string of the molecule is CCN(CC)c1nc(Cl)nc(-c2ccc(F)cc2)n1. The summed E-state index contributed by atoms with van der Waals surface area (Å²) in [6.45, 7) is 5.58. The Hall–Kier alpha value is -1.75. The first-order valence-corrected chi connectivity index (χ1v) is 6.44. The summed E-state index contributed by atoms with van der Waals surface area (Å²) in [5, 5.41) is 0.135. The monoisotopic (exact) mass is 280 g/mol. The summed E-state index contributed by atoms with van der Waals surface area (Å²) in [4.78, 5) is 14.5. The van der Waals surface area contributed by atoms with Crippen LogP contribution in [0.2, 0.25) is 5.28 Å². The minimum Gasteiger partial charge on any atom is -0.341 e. The van der Waals surface area contributed by atoms with Crippen molar-refractivity contribution in [1.29, 1.82) is 0 Å². The highest BCUT2D eigenvalue weighted by Crippen LogP contribution is 2.19. The first kappa shape index (κ1) is 13.7. The Bertz CT molecular complexity index is 555. The molecule has 0 saturated heterocycles. The average molecular weight is 281 g/mol. The number of halogens is 2. The summed E-state index contributed by atoms with van der Waals surface area (Å²) >= 11 is 5.93. The lowest BCUT2D eigenvalue weighted by Gasteiger charge is -2.18. The van der Waals surface area contributed by atoms with Crippen molar-refractivity contribution < 1.29 is 4.39 Å². The van der Waals surface area contributed by atoms with Crippen LogP contribution in [0.15, 0.2) is 24.3 Å². The van der Waals surface area contributed by atoms with Gasteiger partial charge in [0.2, 0.25) is 11.2 Å². The quantitative estimate of drug-likeness (QED) is 0.863. The highest BCUT2D eigenvalue weighted by Gasteiger charge is 2.11. The van der Waals surface area contributed by atoms with Crippen molar-refractivity contribution in [2.75, 3.05) is 18.0 Å². The van der Waals surface area contributed by atoms with E-state index in [9.17, 15) is 4.39 Å². The summed E-state index contributed by atoms with van der Waals surface area (Å²) in [6, 6.07) is 5.97. The predicted molar refractivity (Wildman–Crippen MR) is 73.8 cm³/mol. The lowest BCUT2D eigenvalue weighted by atomic mass is 10.2. The third-order valence-corrected chi connectivity index (χ3v) is 2.91. The Kier molecular flexibility index (Phi) is 4.27. The molecule has 6 heteroatoms. The fourth-order valence-corrected chi connectivity index (χ4v) is 1.87. The van der Waals surface area contributed by atoms with Gasteiger partial charge in [0.05, 0.1) is 0 Å². The molecule has 0 saturated carbocycles. The Morgan fingerprint density at radius 3 is 2.26 bits per heavy atom. The van der Waals surface area contributed by atoms with Gasteiger partial charge in [0, 0.05) is 18.7 Å². The van der Waals surface area contributed by atoms with Gasteiger partial charge in [0.25, 0.3) is 0 Å². The Labute approximate surface area is 116 Å². The fourth-order valence-electron chi connectivity index (χ4n) is 1.72. The third-order valence-electron chi connectivity index (χ3n) is 2.75. The van der Waals surface area contributed by atoms with E-state index >= 15 is 0 Å². The highest BCUT2D eigenvalue weighted by molar-refractivity contribution is 6.28. The van der Waals surface area contributed by atoms with E-state index in [1.165, 1.54) is 12.1 Å². The van der Waals surface area contributed by atoms with E-state index in [4.69, 9.17) is 11.6 Å². The molecule has 100 valence electrons. The van der Waals surface area contributed by atoms with Gasteiger partial charge in [-0.25, -0.2) is 4.39 Å². The molecule has 2 aromatic rings. The molecule has 4 nitrogen and oxygen atoms in total. The van der Waals surface area contributed by atoms with Gasteiger partial charge >= 0.3 is 0 Å². The zero-order chi connectivity index (χ0) is 13.8. The van der Waals surface area contributed by atoms with Gasteiger partial charge < -0.3 is 4.90 Å². The molecule has 0 N–H and O–H groups in total. The molecule has 0 unspecified atom stereocenters. The van der Waals surface area contributed by atoms with Crippen LogP contribution in [-0.4, -0.2) is 28.0 Å². The summed E-state index contributed by atoms with van der Waals surface area (Å²) in [5.41, 5.74) is 0.708. The first-order chi connectivity index (χ1) is 9.13. The molecular formula is C13H14ClFN4. The minimum atomic E-state index is -0.298. The molecule has 1 aromatic carbocycles. The van der Waals surface area contributed by atoms with Gasteiger partial charge in [0.15, 0.2) is 5.82 Å². The predicted octanol–water partition coefficient (Wildman–Crippen LogP) is 3.18. The van der Waals surface area contributed by atoms with Gasteiger partial charge in [-0.2, -0.15) is 15.0 Å². The summed E-state index contributed by atoms with van der Waals surface area (Å²) in [7, 11) is 0. The van der Waals surface area contributed by atoms with Crippen molar-refractivity contribution in [3.63, 3.8) is 0 Å². The number of hydrogen-bond acceptors (Lipinski definition) is 4. The number of anilines is 1. The molecule has 0 bridgehead atoms. The number of benzene rings is 1. The number of rotatable bonds is 4. The van der Waals surface area contributed by atoms with Crippen LogP contribution in [0.4, 0.5) is 10.3 Å². The molecule has 2 rings (SSSR count). The van der Waals surface area contributed by atoms with E-state index in [2.05, 4.69) is 15.0 Å². The molecule has 0 atom stereocenters. The summed E-state index contributed by atoms with van der Waals surface area (Å²) < 4.78 is 12.9. The lowest BCUT2D eigenvalue weighted by molar-refractivity contribution is 0.628. The molecule has 0 spiro atoms. The molecule has 1 heterocycles. The highest BCUT2D eigenvalue weighted by atomic mass is 35.5. The molecule has 0 aliphatic carbocycles. The van der Waals surface area contributed by atoms with Gasteiger partial charge in [-0.15, -0.1) is 0 Å². The third kappa shape index (κ3) is 3.17. The van der Waals surface area contributed by atoms with Crippen molar-refractivity contribution in [3.05, 3.63) is 35.4 Å². The molecule has 0 aliphatic heterocycles. The second-order valence-corrected chi connectivity index (χ2v) is 4.25. The fraction of sp³-hybridized carbons (Fsp3) is 0.308. The van der Waals surface area contributed by atoms with Gasteiger partial charge in [0.1, 0.15) is 5.82 Å². The number of nitrogens with zero attached hydrogens (tertiary/aromatic N) is 4. The largest absolute Gasteiger partial charge is 0.341 e. The molecule has 1 aromatic heterocycles. The second-order valence-electron chi connectivity index (χ2n) is 3.91. The van der Waals surface area contributed by atoms with Crippen LogP contribution in [0.3, 0.4) is 0 Å². The maximum atomic E-state index is 12.9. The van der Waals surface area contributed by atoms with Crippen molar-refractivity contribution >= 4 is 17.5 Å². The van der Waals surface area contributed by atoms with Crippen molar-refractivity contribution in [2.45, 2.75) is 13.8 Å². The number of aromatic nitrogens is 3. The van der Waals surface area contributed by atoms with Gasteiger partial charge in [-0.1, -0.05) is 0 Å². The van der Waals surface area contributed by atoms with E-state index in [0.717, 1.165) is 13.1 Å². The van der Waals surface area contributed by atoms with Crippen molar-refractivity contribution in [1.82, 2.24) is 15.0 Å². The number of hydrogen-bond donors (Lipinski definition) is 0. The first-order valence-electron chi connectivity index (χ1n) is 6.06. The van der Waals surface area contributed by atoms with Crippen molar-refractivity contribution in [2.24, 2.45) is 0 Å². The van der Waals surface area contributed by atoms with Crippen LogP contribution in [0.1, 0.15) is 13.8 Å². The van der Waals surface area contributed by atoms with Crippen LogP contribution in [-0.2, 0) is 0 Å². The van der Waals surface area contributed by atoms with Crippen LogP contribution in [0.5, 0.6) is 0 Å².